The molecule has 0 saturated heterocycles. The van der Waals surface area contributed by atoms with Crippen LogP contribution in [0.4, 0.5) is 5.69 Å². The number of anilines is 1. The van der Waals surface area contributed by atoms with E-state index in [0.717, 1.165) is 18.7 Å². The number of rotatable bonds is 3. The van der Waals surface area contributed by atoms with Gasteiger partial charge in [-0.15, -0.1) is 5.10 Å². The average Bonchev–Trinajstić information content (AvgIpc) is 3.13. The number of hydrogen-bond acceptors (Lipinski definition) is 3. The maximum absolute atomic E-state index is 12.0. The minimum absolute atomic E-state index is 0.0778. The van der Waals surface area contributed by atoms with Gasteiger partial charge in [-0.2, -0.15) is 0 Å². The molecule has 2 N–H and O–H groups in total. The van der Waals surface area contributed by atoms with E-state index in [0.29, 0.717) is 26.7 Å². The summed E-state index contributed by atoms with van der Waals surface area (Å²) < 4.78 is 0. The summed E-state index contributed by atoms with van der Waals surface area (Å²) in [6.07, 6.45) is 2.16. The molecule has 5 nitrogen and oxygen atoms in total. The lowest BCUT2D eigenvalue weighted by molar-refractivity contribution is 0.101. The monoisotopic (exact) mass is 330 g/mol. The number of nitrogens with one attached hydrogen (secondary N) is 2. The molecule has 0 spiro atoms. The number of aromatic amines is 1. The van der Waals surface area contributed by atoms with Gasteiger partial charge in [-0.05, 0) is 25.0 Å². The van der Waals surface area contributed by atoms with Crippen LogP contribution in [0.3, 0.4) is 0 Å². The Morgan fingerprint density at radius 2 is 1.90 bits per heavy atom. The molecular formula is C12H9Cl3N4O. The molecule has 1 aromatic heterocycles. The molecule has 1 heterocycles. The highest BCUT2D eigenvalue weighted by atomic mass is 35.5. The first-order chi connectivity index (χ1) is 9.54. The van der Waals surface area contributed by atoms with Crippen LogP contribution in [0.1, 0.15) is 35.2 Å². The van der Waals surface area contributed by atoms with E-state index in [1.165, 1.54) is 12.1 Å². The number of hydrogen-bond donors (Lipinski definition) is 2. The Morgan fingerprint density at radius 3 is 2.60 bits per heavy atom. The topological polar surface area (TPSA) is 70.7 Å². The highest BCUT2D eigenvalue weighted by Gasteiger charge is 2.28. The van der Waals surface area contributed by atoms with Crippen LogP contribution in [0.5, 0.6) is 0 Å². The molecule has 0 radical (unpaired) electrons. The van der Waals surface area contributed by atoms with Crippen molar-refractivity contribution in [2.45, 2.75) is 18.8 Å². The number of amides is 1. The zero-order valence-corrected chi connectivity index (χ0v) is 12.4. The van der Waals surface area contributed by atoms with Crippen molar-refractivity contribution in [2.24, 2.45) is 0 Å². The van der Waals surface area contributed by atoms with E-state index in [2.05, 4.69) is 20.5 Å². The third-order valence-corrected chi connectivity index (χ3v) is 3.96. The quantitative estimate of drug-likeness (QED) is 0.838. The van der Waals surface area contributed by atoms with Crippen molar-refractivity contribution in [3.8, 4) is 0 Å². The fourth-order valence-corrected chi connectivity index (χ4v) is 2.31. The standard InChI is InChI=1S/C12H9Cl3N4O/c13-6-3-8(15)9(4-7(6)14)16-12(20)11-17-10(18-19-11)5-1-2-5/h3-5H,1-2H2,(H,16,20)(H,17,18,19). The molecule has 1 saturated carbocycles. The second kappa shape index (κ2) is 5.24. The van der Waals surface area contributed by atoms with Crippen molar-refractivity contribution in [3.05, 3.63) is 38.8 Å². The molecule has 20 heavy (non-hydrogen) atoms. The number of carbonyl (C=O) groups is 1. The minimum Gasteiger partial charge on any atom is -0.318 e. The van der Waals surface area contributed by atoms with Crippen molar-refractivity contribution in [1.29, 1.82) is 0 Å². The van der Waals surface area contributed by atoms with E-state index in [1.807, 2.05) is 0 Å². The summed E-state index contributed by atoms with van der Waals surface area (Å²) in [5, 5.41) is 10.2. The lowest BCUT2D eigenvalue weighted by Gasteiger charge is -2.06. The fraction of sp³-hybridized carbons (Fsp3) is 0.250. The summed E-state index contributed by atoms with van der Waals surface area (Å²) >= 11 is 17.7. The maximum atomic E-state index is 12.0. The van der Waals surface area contributed by atoms with Crippen LogP contribution in [0.25, 0.3) is 0 Å². The zero-order chi connectivity index (χ0) is 14.3. The van der Waals surface area contributed by atoms with Crippen LogP contribution in [0, 0.1) is 0 Å². The minimum atomic E-state index is -0.451. The van der Waals surface area contributed by atoms with Crippen LogP contribution in [0.2, 0.25) is 15.1 Å². The number of aromatic nitrogens is 3. The van der Waals surface area contributed by atoms with E-state index >= 15 is 0 Å². The first-order valence-corrected chi connectivity index (χ1v) is 7.06. The van der Waals surface area contributed by atoms with Gasteiger partial charge < -0.3 is 5.32 Å². The van der Waals surface area contributed by atoms with Crippen LogP contribution < -0.4 is 5.32 Å². The first kappa shape index (κ1) is 13.7. The second-order valence-corrected chi connectivity index (χ2v) is 5.74. The Bertz CT molecular complexity index is 681. The van der Waals surface area contributed by atoms with Crippen LogP contribution in [-0.2, 0) is 0 Å². The number of nitrogens with zero attached hydrogens (tertiary/aromatic N) is 2. The molecule has 0 atom stereocenters. The molecule has 1 amide bonds. The molecular weight excluding hydrogens is 323 g/mol. The number of benzene rings is 1. The van der Waals surface area contributed by atoms with Crippen molar-refractivity contribution < 1.29 is 4.79 Å². The smallest absolute Gasteiger partial charge is 0.295 e. The molecule has 1 aliphatic rings. The molecule has 1 fully saturated rings. The summed E-state index contributed by atoms with van der Waals surface area (Å²) in [6, 6.07) is 2.95. The molecule has 1 aromatic carbocycles. The summed E-state index contributed by atoms with van der Waals surface area (Å²) in [4.78, 5) is 16.2. The third-order valence-electron chi connectivity index (χ3n) is 2.93. The van der Waals surface area contributed by atoms with Crippen molar-refractivity contribution in [1.82, 2.24) is 15.2 Å². The first-order valence-electron chi connectivity index (χ1n) is 5.93. The van der Waals surface area contributed by atoms with E-state index in [-0.39, 0.29) is 5.82 Å². The number of H-pyrrole nitrogens is 1. The Hall–Kier alpha value is -1.30. The molecule has 8 heteroatoms. The zero-order valence-electron chi connectivity index (χ0n) is 10.1. The van der Waals surface area contributed by atoms with Gasteiger partial charge in [0.15, 0.2) is 0 Å². The van der Waals surface area contributed by atoms with Gasteiger partial charge in [-0.25, -0.2) is 4.98 Å². The predicted molar refractivity (Wildman–Crippen MR) is 77.8 cm³/mol. The molecule has 104 valence electrons. The van der Waals surface area contributed by atoms with Crippen molar-refractivity contribution in [3.63, 3.8) is 0 Å². The van der Waals surface area contributed by atoms with E-state index in [1.54, 1.807) is 0 Å². The molecule has 0 bridgehead atoms. The summed E-state index contributed by atoms with van der Waals surface area (Å²) in [5.41, 5.74) is 0.365. The van der Waals surface area contributed by atoms with Gasteiger partial charge in [0.25, 0.3) is 5.91 Å². The molecule has 3 rings (SSSR count). The lowest BCUT2D eigenvalue weighted by Crippen LogP contribution is -2.14. The van der Waals surface area contributed by atoms with Crippen molar-refractivity contribution >= 4 is 46.4 Å². The fourth-order valence-electron chi connectivity index (χ4n) is 1.71. The molecule has 1 aliphatic carbocycles. The van der Waals surface area contributed by atoms with Crippen LogP contribution >= 0.6 is 34.8 Å². The average molecular weight is 332 g/mol. The van der Waals surface area contributed by atoms with Gasteiger partial charge in [0.1, 0.15) is 5.82 Å². The largest absolute Gasteiger partial charge is 0.318 e. The SMILES string of the molecule is O=C(Nc1cc(Cl)c(Cl)cc1Cl)c1n[nH]c(C2CC2)n1. The summed E-state index contributed by atoms with van der Waals surface area (Å²) in [5.74, 6) is 0.774. The van der Waals surface area contributed by atoms with Gasteiger partial charge in [0.05, 0.1) is 20.8 Å². The lowest BCUT2D eigenvalue weighted by atomic mass is 10.3. The van der Waals surface area contributed by atoms with Gasteiger partial charge >= 0.3 is 0 Å². The van der Waals surface area contributed by atoms with Gasteiger partial charge in [0.2, 0.25) is 5.82 Å². The van der Waals surface area contributed by atoms with E-state index < -0.39 is 5.91 Å². The predicted octanol–water partition coefficient (Wildman–Crippen LogP) is 3.89. The third kappa shape index (κ3) is 2.75. The Balaban J connectivity index is 1.79. The van der Waals surface area contributed by atoms with Gasteiger partial charge in [-0.1, -0.05) is 34.8 Å². The highest BCUT2D eigenvalue weighted by Crippen LogP contribution is 2.37. The Kier molecular flexibility index (Phi) is 3.58. The van der Waals surface area contributed by atoms with Crippen LogP contribution in [0.15, 0.2) is 12.1 Å². The van der Waals surface area contributed by atoms with Crippen LogP contribution in [-0.4, -0.2) is 21.1 Å². The van der Waals surface area contributed by atoms with Gasteiger partial charge in [-0.3, -0.25) is 9.89 Å². The highest BCUT2D eigenvalue weighted by molar-refractivity contribution is 6.44. The van der Waals surface area contributed by atoms with Crippen molar-refractivity contribution in [2.75, 3.05) is 5.32 Å². The Labute approximate surface area is 129 Å². The van der Waals surface area contributed by atoms with E-state index in [9.17, 15) is 4.79 Å². The number of carbonyl (C=O) groups excluding carboxylic acids is 1. The van der Waals surface area contributed by atoms with E-state index in [4.69, 9.17) is 34.8 Å². The normalized spacial score (nSPS) is 14.3. The summed E-state index contributed by atoms with van der Waals surface area (Å²) in [6.45, 7) is 0. The Morgan fingerprint density at radius 1 is 1.20 bits per heavy atom. The van der Waals surface area contributed by atoms with Gasteiger partial charge in [0, 0.05) is 5.92 Å². The molecule has 2 aromatic rings. The second-order valence-electron chi connectivity index (χ2n) is 4.52. The number of halogens is 3. The summed E-state index contributed by atoms with van der Waals surface area (Å²) in [7, 11) is 0. The molecule has 0 aliphatic heterocycles. The maximum Gasteiger partial charge on any atom is 0.295 e. The molecule has 0 unspecified atom stereocenters.